The summed E-state index contributed by atoms with van der Waals surface area (Å²) in [6, 6.07) is 7.75. The van der Waals surface area contributed by atoms with E-state index < -0.39 is 0 Å². The average molecular weight is 376 g/mol. The largest absolute Gasteiger partial charge is 0.341 e. The van der Waals surface area contributed by atoms with Crippen LogP contribution in [-0.2, 0) is 11.3 Å². The van der Waals surface area contributed by atoms with E-state index in [2.05, 4.69) is 21.3 Å². The molecular formula is C22H24N4O2. The van der Waals surface area contributed by atoms with Gasteiger partial charge in [-0.2, -0.15) is 0 Å². The lowest BCUT2D eigenvalue weighted by atomic mass is 9.82. The predicted molar refractivity (Wildman–Crippen MR) is 105 cm³/mol. The van der Waals surface area contributed by atoms with Gasteiger partial charge in [0.05, 0.1) is 0 Å². The Morgan fingerprint density at radius 1 is 1.11 bits per heavy atom. The molecule has 28 heavy (non-hydrogen) atoms. The van der Waals surface area contributed by atoms with Gasteiger partial charge in [-0.1, -0.05) is 6.07 Å². The molecule has 2 aromatic heterocycles. The van der Waals surface area contributed by atoms with Crippen LogP contribution in [0, 0.1) is 23.7 Å². The van der Waals surface area contributed by atoms with E-state index in [-0.39, 0.29) is 17.4 Å². The SMILES string of the molecule is O=C(C1[C@H]2CNC[C@@H]12)N1C[C@@H]2C[C@H](C1)c1cc(-c3cccnc3)cc(=O)n1C2. The minimum absolute atomic E-state index is 0.0635. The van der Waals surface area contributed by atoms with Crippen molar-refractivity contribution in [2.24, 2.45) is 23.7 Å². The molecule has 144 valence electrons. The minimum atomic E-state index is 0.0635. The summed E-state index contributed by atoms with van der Waals surface area (Å²) in [7, 11) is 0. The average Bonchev–Trinajstić information content (AvgIpc) is 3.19. The van der Waals surface area contributed by atoms with Crippen molar-refractivity contribution in [1.82, 2.24) is 19.8 Å². The second-order valence-corrected chi connectivity index (χ2v) is 8.91. The second-order valence-electron chi connectivity index (χ2n) is 8.91. The van der Waals surface area contributed by atoms with Crippen molar-refractivity contribution in [2.45, 2.75) is 18.9 Å². The zero-order valence-corrected chi connectivity index (χ0v) is 15.8. The summed E-state index contributed by atoms with van der Waals surface area (Å²) in [5, 5.41) is 3.38. The van der Waals surface area contributed by atoms with E-state index in [1.165, 1.54) is 0 Å². The van der Waals surface area contributed by atoms with Gasteiger partial charge in [-0.25, -0.2) is 0 Å². The van der Waals surface area contributed by atoms with Gasteiger partial charge in [0.2, 0.25) is 5.91 Å². The molecule has 2 bridgehead atoms. The van der Waals surface area contributed by atoms with Crippen molar-refractivity contribution >= 4 is 5.91 Å². The third-order valence-corrected chi connectivity index (χ3v) is 7.24. The van der Waals surface area contributed by atoms with E-state index in [1.807, 2.05) is 16.7 Å². The molecular weight excluding hydrogens is 352 g/mol. The number of hydrogen-bond acceptors (Lipinski definition) is 4. The Balaban J connectivity index is 1.31. The van der Waals surface area contributed by atoms with Crippen LogP contribution in [0.15, 0.2) is 41.5 Å². The molecule has 1 amide bonds. The van der Waals surface area contributed by atoms with Gasteiger partial charge in [-0.15, -0.1) is 0 Å². The summed E-state index contributed by atoms with van der Waals surface area (Å²) < 4.78 is 1.94. The molecule has 6 rings (SSSR count). The van der Waals surface area contributed by atoms with Crippen LogP contribution in [0.3, 0.4) is 0 Å². The lowest BCUT2D eigenvalue weighted by Crippen LogP contribution is -2.50. The highest BCUT2D eigenvalue weighted by Gasteiger charge is 2.58. The van der Waals surface area contributed by atoms with Crippen LogP contribution in [-0.4, -0.2) is 46.5 Å². The zero-order valence-electron chi connectivity index (χ0n) is 15.8. The highest BCUT2D eigenvalue weighted by Crippen LogP contribution is 2.50. The molecule has 1 aliphatic carbocycles. The lowest BCUT2D eigenvalue weighted by molar-refractivity contribution is -0.136. The Hall–Kier alpha value is -2.47. The van der Waals surface area contributed by atoms with Gasteiger partial charge < -0.3 is 14.8 Å². The standard InChI is InChI=1S/C22H24N4O2/c27-20-6-15(14-2-1-3-23-7-14)5-19-16-4-13(11-26(19)20)10-25(12-16)22(28)21-17-8-24-9-18(17)21/h1-3,5-7,13,16-18,21,24H,4,8-12H2/t13-,16+,17-,18+,21?/m0/s1. The monoisotopic (exact) mass is 376 g/mol. The van der Waals surface area contributed by atoms with E-state index in [0.717, 1.165) is 56.0 Å². The molecule has 5 atom stereocenters. The number of fused-ring (bicyclic) bond motifs is 5. The number of piperidine rings is 2. The molecule has 5 heterocycles. The molecule has 6 nitrogen and oxygen atoms in total. The van der Waals surface area contributed by atoms with Gasteiger partial charge in [0.15, 0.2) is 0 Å². The number of hydrogen-bond donors (Lipinski definition) is 1. The molecule has 2 saturated heterocycles. The number of rotatable bonds is 2. The van der Waals surface area contributed by atoms with Crippen molar-refractivity contribution in [3.05, 3.63) is 52.7 Å². The lowest BCUT2D eigenvalue weighted by Gasteiger charge is -2.43. The summed E-state index contributed by atoms with van der Waals surface area (Å²) in [6.45, 7) is 4.26. The second kappa shape index (κ2) is 6.01. The quantitative estimate of drug-likeness (QED) is 0.859. The third-order valence-electron chi connectivity index (χ3n) is 7.24. The Bertz CT molecular complexity index is 991. The summed E-state index contributed by atoms with van der Waals surface area (Å²) in [4.78, 5) is 32.2. The fraction of sp³-hybridized carbons (Fsp3) is 0.500. The fourth-order valence-corrected chi connectivity index (χ4v) is 5.83. The van der Waals surface area contributed by atoms with Crippen molar-refractivity contribution in [1.29, 1.82) is 0 Å². The van der Waals surface area contributed by atoms with Gasteiger partial charge in [0.25, 0.3) is 5.56 Å². The number of carbonyl (C=O) groups excluding carboxylic acids is 1. The number of nitrogens with one attached hydrogen (secondary N) is 1. The maximum Gasteiger partial charge on any atom is 0.251 e. The van der Waals surface area contributed by atoms with Crippen molar-refractivity contribution in [3.63, 3.8) is 0 Å². The number of nitrogens with zero attached hydrogens (tertiary/aromatic N) is 3. The maximum absolute atomic E-state index is 13.1. The smallest absolute Gasteiger partial charge is 0.251 e. The number of pyridine rings is 2. The molecule has 1 N–H and O–H groups in total. The Morgan fingerprint density at radius 3 is 2.75 bits per heavy atom. The van der Waals surface area contributed by atoms with Gasteiger partial charge in [0, 0.05) is 61.2 Å². The van der Waals surface area contributed by atoms with E-state index in [1.54, 1.807) is 18.5 Å². The minimum Gasteiger partial charge on any atom is -0.341 e. The number of carbonyl (C=O) groups is 1. The molecule has 3 aliphatic heterocycles. The topological polar surface area (TPSA) is 67.2 Å². The van der Waals surface area contributed by atoms with Crippen molar-refractivity contribution < 1.29 is 4.79 Å². The first kappa shape index (κ1) is 16.5. The Morgan fingerprint density at radius 2 is 1.96 bits per heavy atom. The molecule has 1 saturated carbocycles. The van der Waals surface area contributed by atoms with E-state index >= 15 is 0 Å². The van der Waals surface area contributed by atoms with Crippen LogP contribution in [0.2, 0.25) is 0 Å². The third kappa shape index (κ3) is 2.47. The molecule has 1 unspecified atom stereocenters. The molecule has 4 aliphatic rings. The fourth-order valence-electron chi connectivity index (χ4n) is 5.83. The molecule has 6 heteroatoms. The summed E-state index contributed by atoms with van der Waals surface area (Å²) in [6.07, 6.45) is 4.61. The van der Waals surface area contributed by atoms with Crippen molar-refractivity contribution in [2.75, 3.05) is 26.2 Å². The normalized spacial score (nSPS) is 32.6. The Kier molecular flexibility index (Phi) is 3.54. The summed E-state index contributed by atoms with van der Waals surface area (Å²) in [5.74, 6) is 2.34. The van der Waals surface area contributed by atoms with E-state index in [4.69, 9.17) is 0 Å². The van der Waals surface area contributed by atoms with Crippen LogP contribution in [0.4, 0.5) is 0 Å². The number of aromatic nitrogens is 2. The van der Waals surface area contributed by atoms with Gasteiger partial charge in [-0.05, 0) is 55.0 Å². The van der Waals surface area contributed by atoms with Gasteiger partial charge in [-0.3, -0.25) is 14.6 Å². The zero-order chi connectivity index (χ0) is 18.8. The first-order valence-corrected chi connectivity index (χ1v) is 10.3. The molecule has 0 aromatic carbocycles. The Labute approximate surface area is 163 Å². The number of likely N-dealkylation sites (tertiary alicyclic amines) is 1. The van der Waals surface area contributed by atoms with Crippen LogP contribution in [0.25, 0.3) is 11.1 Å². The number of amides is 1. The van der Waals surface area contributed by atoms with Gasteiger partial charge >= 0.3 is 0 Å². The van der Waals surface area contributed by atoms with Crippen LogP contribution < -0.4 is 10.9 Å². The molecule has 2 aromatic rings. The van der Waals surface area contributed by atoms with Crippen LogP contribution in [0.1, 0.15) is 18.0 Å². The maximum atomic E-state index is 13.1. The summed E-state index contributed by atoms with van der Waals surface area (Å²) in [5.41, 5.74) is 3.03. The molecule has 3 fully saturated rings. The molecule has 0 spiro atoms. The predicted octanol–water partition coefficient (Wildman–Crippen LogP) is 1.32. The van der Waals surface area contributed by atoms with E-state index in [9.17, 15) is 9.59 Å². The van der Waals surface area contributed by atoms with Crippen molar-refractivity contribution in [3.8, 4) is 11.1 Å². The van der Waals surface area contributed by atoms with Crippen LogP contribution >= 0.6 is 0 Å². The highest BCUT2D eigenvalue weighted by molar-refractivity contribution is 5.83. The van der Waals surface area contributed by atoms with Crippen LogP contribution in [0.5, 0.6) is 0 Å². The molecule has 0 radical (unpaired) electrons. The van der Waals surface area contributed by atoms with Gasteiger partial charge in [0.1, 0.15) is 0 Å². The highest BCUT2D eigenvalue weighted by atomic mass is 16.2. The first-order chi connectivity index (χ1) is 13.7. The first-order valence-electron chi connectivity index (χ1n) is 10.3. The van der Waals surface area contributed by atoms with E-state index in [0.29, 0.717) is 23.7 Å². The summed E-state index contributed by atoms with van der Waals surface area (Å²) >= 11 is 0.